The van der Waals surface area contributed by atoms with Crippen molar-refractivity contribution in [2.24, 2.45) is 5.92 Å². The van der Waals surface area contributed by atoms with E-state index in [9.17, 15) is 4.79 Å². The van der Waals surface area contributed by atoms with E-state index >= 15 is 0 Å². The molecule has 0 aromatic heterocycles. The van der Waals surface area contributed by atoms with Gasteiger partial charge in [-0.05, 0) is 49.7 Å². The van der Waals surface area contributed by atoms with Gasteiger partial charge < -0.3 is 19.7 Å². The van der Waals surface area contributed by atoms with Gasteiger partial charge in [-0.2, -0.15) is 0 Å². The van der Waals surface area contributed by atoms with E-state index in [2.05, 4.69) is 17.3 Å². The molecule has 0 aliphatic carbocycles. The highest BCUT2D eigenvalue weighted by Crippen LogP contribution is 2.38. The minimum atomic E-state index is -0.0921. The summed E-state index contributed by atoms with van der Waals surface area (Å²) in [6.45, 7) is 3.87. The van der Waals surface area contributed by atoms with Crippen LogP contribution in [-0.2, 0) is 4.79 Å². The van der Waals surface area contributed by atoms with Gasteiger partial charge in [0.15, 0.2) is 11.5 Å². The largest absolute Gasteiger partial charge is 0.486 e. The molecule has 124 valence electrons. The summed E-state index contributed by atoms with van der Waals surface area (Å²) in [6, 6.07) is 3.60. The van der Waals surface area contributed by atoms with Gasteiger partial charge in [-0.3, -0.25) is 4.79 Å². The molecule has 6 heteroatoms. The number of nitrogens with one attached hydrogen (secondary N) is 1. The van der Waals surface area contributed by atoms with Crippen molar-refractivity contribution in [2.75, 3.05) is 39.9 Å². The summed E-state index contributed by atoms with van der Waals surface area (Å²) in [4.78, 5) is 14.2. The average Bonchev–Trinajstić information content (AvgIpc) is 2.96. The smallest absolute Gasteiger partial charge is 0.244 e. The van der Waals surface area contributed by atoms with Crippen LogP contribution in [0.15, 0.2) is 18.2 Å². The second-order valence-electron chi connectivity index (χ2n) is 6.02. The highest BCUT2D eigenvalue weighted by molar-refractivity contribution is 6.32. The quantitative estimate of drug-likeness (QED) is 0.856. The van der Waals surface area contributed by atoms with E-state index in [-0.39, 0.29) is 5.91 Å². The lowest BCUT2D eigenvalue weighted by Gasteiger charge is -2.19. The van der Waals surface area contributed by atoms with Crippen molar-refractivity contribution in [1.82, 2.24) is 10.2 Å². The van der Waals surface area contributed by atoms with Gasteiger partial charge in [-0.15, -0.1) is 0 Å². The Bertz CT molecular complexity index is 618. The Hall–Kier alpha value is -1.72. The van der Waals surface area contributed by atoms with Crippen molar-refractivity contribution in [3.63, 3.8) is 0 Å². The molecule has 2 heterocycles. The number of nitrogens with zero attached hydrogens (tertiary/aromatic N) is 1. The summed E-state index contributed by atoms with van der Waals surface area (Å²) in [5.74, 6) is 1.65. The number of halogens is 1. The van der Waals surface area contributed by atoms with Gasteiger partial charge in [0.2, 0.25) is 5.91 Å². The first-order valence-corrected chi connectivity index (χ1v) is 8.23. The average molecular weight is 337 g/mol. The van der Waals surface area contributed by atoms with Crippen LogP contribution in [0, 0.1) is 5.92 Å². The second kappa shape index (κ2) is 7.23. The Kier molecular flexibility index (Phi) is 5.08. The maximum atomic E-state index is 11.9. The van der Waals surface area contributed by atoms with Crippen molar-refractivity contribution in [2.45, 2.75) is 6.42 Å². The Morgan fingerprint density at radius 3 is 3.04 bits per heavy atom. The predicted octanol–water partition coefficient (Wildman–Crippen LogP) is 2.19. The summed E-state index contributed by atoms with van der Waals surface area (Å²) in [5, 5.41) is 3.45. The second-order valence-corrected chi connectivity index (χ2v) is 6.43. The van der Waals surface area contributed by atoms with Gasteiger partial charge in [0.1, 0.15) is 13.2 Å². The molecule has 1 saturated heterocycles. The molecule has 0 radical (unpaired) electrons. The molecule has 0 saturated carbocycles. The zero-order chi connectivity index (χ0) is 16.2. The van der Waals surface area contributed by atoms with Gasteiger partial charge >= 0.3 is 0 Å². The molecule has 3 rings (SSSR count). The van der Waals surface area contributed by atoms with E-state index in [0.29, 0.717) is 35.7 Å². The molecule has 2 aliphatic rings. The van der Waals surface area contributed by atoms with Gasteiger partial charge in [-0.1, -0.05) is 11.6 Å². The number of hydrogen-bond donors (Lipinski definition) is 1. The van der Waals surface area contributed by atoms with Crippen molar-refractivity contribution < 1.29 is 14.3 Å². The molecule has 2 aliphatic heterocycles. The van der Waals surface area contributed by atoms with Crippen LogP contribution in [-0.4, -0.2) is 50.7 Å². The molecule has 1 aromatic carbocycles. The van der Waals surface area contributed by atoms with E-state index in [0.717, 1.165) is 31.6 Å². The fraction of sp³-hybridized carbons (Fsp3) is 0.471. The summed E-state index contributed by atoms with van der Waals surface area (Å²) in [5.41, 5.74) is 0.815. The number of carbonyl (C=O) groups is 1. The minimum absolute atomic E-state index is 0.0921. The number of likely N-dealkylation sites (tertiary alicyclic amines) is 1. The summed E-state index contributed by atoms with van der Waals surface area (Å²) < 4.78 is 11.0. The Balaban J connectivity index is 1.57. The van der Waals surface area contributed by atoms with Gasteiger partial charge in [0.25, 0.3) is 0 Å². The lowest BCUT2D eigenvalue weighted by Crippen LogP contribution is -2.29. The van der Waals surface area contributed by atoms with E-state index in [1.54, 1.807) is 12.1 Å². The summed E-state index contributed by atoms with van der Waals surface area (Å²) in [7, 11) is 2.10. The molecule has 1 amide bonds. The maximum Gasteiger partial charge on any atom is 0.244 e. The molecular formula is C17H21ClN2O3. The third-order valence-corrected chi connectivity index (χ3v) is 4.38. The molecule has 0 bridgehead atoms. The standard InChI is InChI=1S/C17H21ClN2O3/c1-20-5-4-13(11-20)10-19-16(21)3-2-12-8-14(18)17-15(9-12)22-6-7-23-17/h2-3,8-9,13H,4-7,10-11H2,1H3,(H,19,21). The van der Waals surface area contributed by atoms with Crippen LogP contribution in [0.2, 0.25) is 5.02 Å². The number of ether oxygens (including phenoxy) is 2. The summed E-state index contributed by atoms with van der Waals surface area (Å²) in [6.07, 6.45) is 4.40. The third-order valence-electron chi connectivity index (χ3n) is 4.10. The van der Waals surface area contributed by atoms with Crippen LogP contribution in [0.5, 0.6) is 11.5 Å². The fourth-order valence-corrected chi connectivity index (χ4v) is 3.17. The molecule has 1 aromatic rings. The first kappa shape index (κ1) is 16.1. The first-order valence-electron chi connectivity index (χ1n) is 7.85. The topological polar surface area (TPSA) is 50.8 Å². The zero-order valence-corrected chi connectivity index (χ0v) is 13.9. The van der Waals surface area contributed by atoms with Gasteiger partial charge in [0.05, 0.1) is 5.02 Å². The number of carbonyl (C=O) groups excluding carboxylic acids is 1. The molecule has 1 N–H and O–H groups in total. The van der Waals surface area contributed by atoms with Gasteiger partial charge in [0, 0.05) is 19.2 Å². The molecule has 23 heavy (non-hydrogen) atoms. The lowest BCUT2D eigenvalue weighted by molar-refractivity contribution is -0.116. The van der Waals surface area contributed by atoms with Crippen LogP contribution in [0.25, 0.3) is 6.08 Å². The Labute approximate surface area is 141 Å². The first-order chi connectivity index (χ1) is 11.1. The molecular weight excluding hydrogens is 316 g/mol. The van der Waals surface area contributed by atoms with Crippen LogP contribution in [0.1, 0.15) is 12.0 Å². The van der Waals surface area contributed by atoms with Crippen LogP contribution < -0.4 is 14.8 Å². The fourth-order valence-electron chi connectivity index (χ4n) is 2.90. The van der Waals surface area contributed by atoms with Crippen LogP contribution in [0.3, 0.4) is 0 Å². The number of amides is 1. The SMILES string of the molecule is CN1CCC(CNC(=O)C=Cc2cc(Cl)c3c(c2)OCCO3)C1. The number of fused-ring (bicyclic) bond motifs is 1. The highest BCUT2D eigenvalue weighted by Gasteiger charge is 2.19. The normalized spacial score (nSPS) is 20.9. The monoisotopic (exact) mass is 336 g/mol. The van der Waals surface area contributed by atoms with E-state index in [1.807, 2.05) is 6.07 Å². The van der Waals surface area contributed by atoms with Crippen molar-refractivity contribution >= 4 is 23.6 Å². The Morgan fingerprint density at radius 2 is 2.26 bits per heavy atom. The molecule has 1 atom stereocenters. The van der Waals surface area contributed by atoms with Crippen LogP contribution >= 0.6 is 11.6 Å². The van der Waals surface area contributed by atoms with E-state index in [1.165, 1.54) is 6.08 Å². The van der Waals surface area contributed by atoms with Crippen molar-refractivity contribution in [1.29, 1.82) is 0 Å². The zero-order valence-electron chi connectivity index (χ0n) is 13.2. The van der Waals surface area contributed by atoms with E-state index in [4.69, 9.17) is 21.1 Å². The minimum Gasteiger partial charge on any atom is -0.486 e. The third kappa shape index (κ3) is 4.18. The number of rotatable bonds is 4. The molecule has 1 unspecified atom stereocenters. The Morgan fingerprint density at radius 1 is 1.43 bits per heavy atom. The molecule has 5 nitrogen and oxygen atoms in total. The highest BCUT2D eigenvalue weighted by atomic mass is 35.5. The number of hydrogen-bond acceptors (Lipinski definition) is 4. The molecule has 1 fully saturated rings. The van der Waals surface area contributed by atoms with Crippen LogP contribution in [0.4, 0.5) is 0 Å². The maximum absolute atomic E-state index is 11.9. The van der Waals surface area contributed by atoms with Crippen molar-refractivity contribution in [3.05, 3.63) is 28.8 Å². The van der Waals surface area contributed by atoms with Gasteiger partial charge in [-0.25, -0.2) is 0 Å². The van der Waals surface area contributed by atoms with E-state index < -0.39 is 0 Å². The number of benzene rings is 1. The lowest BCUT2D eigenvalue weighted by atomic mass is 10.1. The summed E-state index contributed by atoms with van der Waals surface area (Å²) >= 11 is 6.18. The predicted molar refractivity (Wildman–Crippen MR) is 90.1 cm³/mol. The molecule has 0 spiro atoms. The van der Waals surface area contributed by atoms with Crippen molar-refractivity contribution in [3.8, 4) is 11.5 Å².